The molecule has 0 aliphatic rings. The molecular weight excluding hydrogens is 423 g/mol. The fourth-order valence-corrected chi connectivity index (χ4v) is 3.43. The van der Waals surface area contributed by atoms with Gasteiger partial charge in [-0.2, -0.15) is 5.10 Å². The van der Waals surface area contributed by atoms with Crippen LogP contribution in [0.5, 0.6) is 0 Å². The minimum Gasteiger partial charge on any atom is -0.317 e. The number of benzene rings is 2. The molecule has 0 aliphatic heterocycles. The number of hydrogen-bond donors (Lipinski definition) is 2. The molecular formula is C22H20Cl2N4O2. The van der Waals surface area contributed by atoms with Crippen LogP contribution in [0.1, 0.15) is 22.5 Å². The third kappa shape index (κ3) is 4.72. The van der Waals surface area contributed by atoms with E-state index in [2.05, 4.69) is 15.8 Å². The number of hydrazone groups is 1. The quantitative estimate of drug-likeness (QED) is 0.345. The van der Waals surface area contributed by atoms with Gasteiger partial charge in [-0.1, -0.05) is 41.4 Å². The zero-order valence-electron chi connectivity index (χ0n) is 16.7. The number of nitrogens with one attached hydrogen (secondary N) is 2. The molecule has 154 valence electrons. The highest BCUT2D eigenvalue weighted by Crippen LogP contribution is 2.25. The van der Waals surface area contributed by atoms with Crippen LogP contribution in [0.4, 0.5) is 5.69 Å². The summed E-state index contributed by atoms with van der Waals surface area (Å²) in [6.45, 7) is 5.68. The summed E-state index contributed by atoms with van der Waals surface area (Å²) in [7, 11) is 0. The molecule has 0 radical (unpaired) electrons. The number of hydrogen-bond acceptors (Lipinski definition) is 3. The summed E-state index contributed by atoms with van der Waals surface area (Å²) in [6, 6.07) is 14.5. The predicted octanol–water partition coefficient (Wildman–Crippen LogP) is 4.80. The molecule has 6 nitrogen and oxygen atoms in total. The molecule has 1 heterocycles. The van der Waals surface area contributed by atoms with E-state index in [4.69, 9.17) is 23.2 Å². The van der Waals surface area contributed by atoms with E-state index in [0.717, 1.165) is 28.2 Å². The number of aromatic nitrogens is 1. The molecule has 2 aromatic carbocycles. The van der Waals surface area contributed by atoms with Crippen LogP contribution in [-0.2, 0) is 9.59 Å². The van der Waals surface area contributed by atoms with Gasteiger partial charge in [0.05, 0.1) is 16.9 Å². The Bertz CT molecular complexity index is 1150. The maximum atomic E-state index is 12.1. The topological polar surface area (TPSA) is 75.5 Å². The van der Waals surface area contributed by atoms with Crippen LogP contribution in [0.2, 0.25) is 10.0 Å². The molecule has 0 atom stereocenters. The van der Waals surface area contributed by atoms with Gasteiger partial charge in [0.1, 0.15) is 0 Å². The van der Waals surface area contributed by atoms with Crippen molar-refractivity contribution in [2.75, 3.05) is 5.32 Å². The minimum absolute atomic E-state index is 0.461. The summed E-state index contributed by atoms with van der Waals surface area (Å²) >= 11 is 12.2. The molecule has 0 saturated heterocycles. The lowest BCUT2D eigenvalue weighted by Gasteiger charge is -2.11. The molecule has 0 spiro atoms. The number of para-hydroxylation sites is 1. The highest BCUT2D eigenvalue weighted by atomic mass is 35.5. The molecule has 0 aliphatic carbocycles. The van der Waals surface area contributed by atoms with Gasteiger partial charge in [0, 0.05) is 27.7 Å². The zero-order valence-corrected chi connectivity index (χ0v) is 18.2. The van der Waals surface area contributed by atoms with Crippen molar-refractivity contribution in [2.24, 2.45) is 5.10 Å². The molecule has 0 unspecified atom stereocenters. The maximum Gasteiger partial charge on any atom is 0.329 e. The molecule has 3 aromatic rings. The SMILES string of the molecule is Cc1ccc(Cl)cc1NC(=O)C(=O)N/N=C\c1cc(C)n(-c2ccccc2Cl)c1C. The number of carbonyl (C=O) groups excluding carboxylic acids is 2. The molecule has 2 N–H and O–H groups in total. The van der Waals surface area contributed by atoms with Gasteiger partial charge in [0.15, 0.2) is 0 Å². The van der Waals surface area contributed by atoms with Crippen LogP contribution in [0.3, 0.4) is 0 Å². The number of amides is 2. The first-order valence-corrected chi connectivity index (χ1v) is 9.88. The monoisotopic (exact) mass is 442 g/mol. The second-order valence-electron chi connectivity index (χ2n) is 6.73. The molecule has 0 saturated carbocycles. The van der Waals surface area contributed by atoms with Crippen molar-refractivity contribution < 1.29 is 9.59 Å². The second-order valence-corrected chi connectivity index (χ2v) is 7.57. The Kier molecular flexibility index (Phi) is 6.59. The number of aryl methyl sites for hydroxylation is 2. The van der Waals surface area contributed by atoms with Gasteiger partial charge in [-0.15, -0.1) is 0 Å². The van der Waals surface area contributed by atoms with Crippen molar-refractivity contribution in [3.8, 4) is 5.69 Å². The molecule has 3 rings (SSSR count). The molecule has 30 heavy (non-hydrogen) atoms. The van der Waals surface area contributed by atoms with Gasteiger partial charge < -0.3 is 9.88 Å². The lowest BCUT2D eigenvalue weighted by Crippen LogP contribution is -2.32. The van der Waals surface area contributed by atoms with Crippen molar-refractivity contribution in [2.45, 2.75) is 20.8 Å². The first kappa shape index (κ1) is 21.6. The first-order valence-electron chi connectivity index (χ1n) is 9.12. The summed E-state index contributed by atoms with van der Waals surface area (Å²) in [4.78, 5) is 24.2. The van der Waals surface area contributed by atoms with E-state index >= 15 is 0 Å². The predicted molar refractivity (Wildman–Crippen MR) is 121 cm³/mol. The summed E-state index contributed by atoms with van der Waals surface area (Å²) < 4.78 is 2.00. The maximum absolute atomic E-state index is 12.1. The summed E-state index contributed by atoms with van der Waals surface area (Å²) in [5, 5.41) is 7.53. The third-order valence-electron chi connectivity index (χ3n) is 4.59. The fraction of sp³-hybridized carbons (Fsp3) is 0.136. The number of halogens is 2. The van der Waals surface area contributed by atoms with E-state index in [0.29, 0.717) is 15.7 Å². The average molecular weight is 443 g/mol. The van der Waals surface area contributed by atoms with Crippen LogP contribution in [0.25, 0.3) is 5.69 Å². The third-order valence-corrected chi connectivity index (χ3v) is 5.14. The summed E-state index contributed by atoms with van der Waals surface area (Å²) in [6.07, 6.45) is 1.49. The van der Waals surface area contributed by atoms with E-state index in [1.807, 2.05) is 48.7 Å². The van der Waals surface area contributed by atoms with E-state index in [9.17, 15) is 9.59 Å². The Balaban J connectivity index is 1.70. The van der Waals surface area contributed by atoms with E-state index in [1.165, 1.54) is 6.21 Å². The van der Waals surface area contributed by atoms with Gasteiger partial charge in [0.2, 0.25) is 0 Å². The van der Waals surface area contributed by atoms with Crippen LogP contribution in [0, 0.1) is 20.8 Å². The van der Waals surface area contributed by atoms with E-state index in [-0.39, 0.29) is 0 Å². The van der Waals surface area contributed by atoms with Gasteiger partial charge in [0.25, 0.3) is 0 Å². The van der Waals surface area contributed by atoms with Gasteiger partial charge in [-0.05, 0) is 56.7 Å². The lowest BCUT2D eigenvalue weighted by atomic mass is 10.2. The van der Waals surface area contributed by atoms with Gasteiger partial charge >= 0.3 is 11.8 Å². The largest absolute Gasteiger partial charge is 0.329 e. The Hall–Kier alpha value is -3.09. The van der Waals surface area contributed by atoms with E-state index < -0.39 is 11.8 Å². The van der Waals surface area contributed by atoms with E-state index in [1.54, 1.807) is 25.1 Å². The first-order chi connectivity index (χ1) is 14.3. The van der Waals surface area contributed by atoms with Crippen LogP contribution < -0.4 is 10.7 Å². The number of rotatable bonds is 4. The molecule has 2 amide bonds. The summed E-state index contributed by atoms with van der Waals surface area (Å²) in [5.74, 6) is -1.72. The van der Waals surface area contributed by atoms with Gasteiger partial charge in [-0.3, -0.25) is 9.59 Å². The Morgan fingerprint density at radius 3 is 2.47 bits per heavy atom. The molecule has 1 aromatic heterocycles. The van der Waals surface area contributed by atoms with Crippen molar-refractivity contribution in [1.29, 1.82) is 0 Å². The molecule has 0 fully saturated rings. The van der Waals surface area contributed by atoms with Crippen LogP contribution in [0.15, 0.2) is 53.6 Å². The Labute approximate surface area is 184 Å². The average Bonchev–Trinajstić information content (AvgIpc) is 2.98. The smallest absolute Gasteiger partial charge is 0.317 e. The standard InChI is InChI=1S/C22H20Cl2N4O2/c1-13-8-9-17(23)11-19(13)26-21(29)22(30)27-25-12-16-10-14(2)28(15(16)3)20-7-5-4-6-18(20)24/h4-12H,1-3H3,(H,26,29)(H,27,30)/b25-12-. The van der Waals surface area contributed by atoms with Crippen molar-refractivity contribution in [3.63, 3.8) is 0 Å². The fourth-order valence-electron chi connectivity index (χ4n) is 3.04. The number of anilines is 1. The lowest BCUT2D eigenvalue weighted by molar-refractivity contribution is -0.136. The molecule has 8 heteroatoms. The Morgan fingerprint density at radius 1 is 1.00 bits per heavy atom. The number of carbonyl (C=O) groups is 2. The highest BCUT2D eigenvalue weighted by molar-refractivity contribution is 6.40. The summed E-state index contributed by atoms with van der Waals surface area (Å²) in [5.41, 5.74) is 7.01. The van der Waals surface area contributed by atoms with Crippen LogP contribution in [-0.4, -0.2) is 22.6 Å². The van der Waals surface area contributed by atoms with Crippen molar-refractivity contribution in [3.05, 3.63) is 81.1 Å². The zero-order chi connectivity index (χ0) is 21.8. The number of nitrogens with zero attached hydrogens (tertiary/aromatic N) is 2. The van der Waals surface area contributed by atoms with Crippen LogP contribution >= 0.6 is 23.2 Å². The second kappa shape index (κ2) is 9.15. The molecule has 0 bridgehead atoms. The van der Waals surface area contributed by atoms with Crippen molar-refractivity contribution in [1.82, 2.24) is 9.99 Å². The van der Waals surface area contributed by atoms with Crippen molar-refractivity contribution >= 4 is 46.9 Å². The minimum atomic E-state index is -0.884. The normalized spacial score (nSPS) is 11.0. The Morgan fingerprint density at radius 2 is 1.73 bits per heavy atom. The highest BCUT2D eigenvalue weighted by Gasteiger charge is 2.15. The van der Waals surface area contributed by atoms with Gasteiger partial charge in [-0.25, -0.2) is 5.43 Å².